The molecule has 0 atom stereocenters. The number of carbonyl (C=O) groups excluding carboxylic acids is 1. The highest BCUT2D eigenvalue weighted by Crippen LogP contribution is 2.36. The molecular formula is C23H22ClN3O5S. The van der Waals surface area contributed by atoms with Crippen LogP contribution in [0.5, 0.6) is 11.5 Å². The molecule has 1 heterocycles. The van der Waals surface area contributed by atoms with Crippen molar-refractivity contribution in [1.82, 2.24) is 5.32 Å². The van der Waals surface area contributed by atoms with Crippen molar-refractivity contribution in [3.05, 3.63) is 82.4 Å². The Morgan fingerprint density at radius 1 is 0.970 bits per heavy atom. The number of halogens is 1. The molecule has 0 aliphatic carbocycles. The molecule has 0 unspecified atom stereocenters. The van der Waals surface area contributed by atoms with Crippen molar-refractivity contribution >= 4 is 38.9 Å². The molecular weight excluding hydrogens is 466 g/mol. The Labute approximate surface area is 196 Å². The summed E-state index contributed by atoms with van der Waals surface area (Å²) >= 11 is 6.33. The van der Waals surface area contributed by atoms with E-state index in [-0.39, 0.29) is 12.7 Å². The number of hydrogen-bond donors (Lipinski definition) is 3. The Hall–Kier alpha value is -3.27. The molecule has 1 aliphatic heterocycles. The number of nitrogens with one attached hydrogen (secondary N) is 3. The summed E-state index contributed by atoms with van der Waals surface area (Å²) < 4.78 is 36.7. The average molecular weight is 488 g/mol. The second-order valence-electron chi connectivity index (χ2n) is 7.51. The van der Waals surface area contributed by atoms with Crippen molar-refractivity contribution in [3.8, 4) is 11.5 Å². The van der Waals surface area contributed by atoms with Crippen molar-refractivity contribution in [2.45, 2.75) is 13.1 Å². The number of anilines is 2. The van der Waals surface area contributed by atoms with Gasteiger partial charge in [0.15, 0.2) is 11.5 Å². The normalized spacial score (nSPS) is 12.4. The van der Waals surface area contributed by atoms with Crippen LogP contribution in [0.2, 0.25) is 5.02 Å². The van der Waals surface area contributed by atoms with Crippen molar-refractivity contribution in [1.29, 1.82) is 0 Å². The van der Waals surface area contributed by atoms with E-state index in [1.807, 2.05) is 24.3 Å². The standard InChI is InChI=1S/C23H22ClN3O5S/c1-33(29,30)27-19-8-15(7-16(9-19)23(28)26-18-5-3-2-4-6-18)12-25-13-17-10-21-22(11-20(17)24)32-14-31-21/h2-11,25,27H,12-14H2,1H3,(H,26,28). The third-order valence-corrected chi connectivity index (χ3v) is 5.73. The molecule has 1 aliphatic rings. The Morgan fingerprint density at radius 2 is 1.70 bits per heavy atom. The van der Waals surface area contributed by atoms with Gasteiger partial charge in [-0.1, -0.05) is 29.8 Å². The van der Waals surface area contributed by atoms with Crippen LogP contribution in [0.15, 0.2) is 60.7 Å². The molecule has 0 spiro atoms. The van der Waals surface area contributed by atoms with E-state index in [1.54, 1.807) is 30.3 Å². The van der Waals surface area contributed by atoms with Crippen LogP contribution in [-0.2, 0) is 23.1 Å². The van der Waals surface area contributed by atoms with Gasteiger partial charge in [-0.2, -0.15) is 0 Å². The molecule has 0 saturated carbocycles. The van der Waals surface area contributed by atoms with Gasteiger partial charge in [-0.25, -0.2) is 8.42 Å². The predicted molar refractivity (Wildman–Crippen MR) is 127 cm³/mol. The van der Waals surface area contributed by atoms with E-state index in [1.165, 1.54) is 6.07 Å². The molecule has 4 rings (SSSR count). The molecule has 172 valence electrons. The smallest absolute Gasteiger partial charge is 0.255 e. The minimum atomic E-state index is -3.52. The van der Waals surface area contributed by atoms with Crippen LogP contribution >= 0.6 is 11.6 Å². The van der Waals surface area contributed by atoms with Crippen LogP contribution in [0.4, 0.5) is 11.4 Å². The Balaban J connectivity index is 1.51. The lowest BCUT2D eigenvalue weighted by Gasteiger charge is -2.13. The molecule has 0 bridgehead atoms. The summed E-state index contributed by atoms with van der Waals surface area (Å²) in [5, 5.41) is 6.62. The number of amides is 1. The van der Waals surface area contributed by atoms with Crippen molar-refractivity contribution < 1.29 is 22.7 Å². The van der Waals surface area contributed by atoms with Crippen LogP contribution in [-0.4, -0.2) is 27.4 Å². The first-order valence-electron chi connectivity index (χ1n) is 10.0. The van der Waals surface area contributed by atoms with Gasteiger partial charge in [0.25, 0.3) is 5.91 Å². The molecule has 3 aromatic carbocycles. The summed E-state index contributed by atoms with van der Waals surface area (Å²) in [7, 11) is -3.52. The van der Waals surface area contributed by atoms with E-state index < -0.39 is 10.0 Å². The van der Waals surface area contributed by atoms with Gasteiger partial charge in [-0.15, -0.1) is 0 Å². The SMILES string of the molecule is CS(=O)(=O)Nc1cc(CNCc2cc3c(cc2Cl)OCO3)cc(C(=O)Nc2ccccc2)c1. The fraction of sp³-hybridized carbons (Fsp3) is 0.174. The largest absolute Gasteiger partial charge is 0.454 e. The number of sulfonamides is 1. The summed E-state index contributed by atoms with van der Waals surface area (Å²) in [4.78, 5) is 12.8. The van der Waals surface area contributed by atoms with Crippen LogP contribution in [0.25, 0.3) is 0 Å². The lowest BCUT2D eigenvalue weighted by Crippen LogP contribution is -2.17. The second kappa shape index (κ2) is 9.70. The maximum Gasteiger partial charge on any atom is 0.255 e. The van der Waals surface area contributed by atoms with Gasteiger partial charge in [0.05, 0.1) is 6.26 Å². The summed E-state index contributed by atoms with van der Waals surface area (Å²) in [5.41, 5.74) is 2.81. The molecule has 0 saturated heterocycles. The maximum atomic E-state index is 12.8. The van der Waals surface area contributed by atoms with Gasteiger partial charge in [-0.05, 0) is 47.5 Å². The predicted octanol–water partition coefficient (Wildman–Crippen LogP) is 3.98. The van der Waals surface area contributed by atoms with Crippen LogP contribution in [0, 0.1) is 0 Å². The number of rotatable bonds is 8. The van der Waals surface area contributed by atoms with Crippen molar-refractivity contribution in [2.24, 2.45) is 0 Å². The Morgan fingerprint density at radius 3 is 2.42 bits per heavy atom. The number of ether oxygens (including phenoxy) is 2. The Kier molecular flexibility index (Phi) is 6.73. The quantitative estimate of drug-likeness (QED) is 0.444. The van der Waals surface area contributed by atoms with Gasteiger partial charge in [-0.3, -0.25) is 9.52 Å². The average Bonchev–Trinajstić information content (AvgIpc) is 3.20. The first-order chi connectivity index (χ1) is 15.8. The molecule has 3 aromatic rings. The summed E-state index contributed by atoms with van der Waals surface area (Å²) in [6, 6.07) is 17.4. The molecule has 0 aromatic heterocycles. The first-order valence-corrected chi connectivity index (χ1v) is 12.3. The highest BCUT2D eigenvalue weighted by molar-refractivity contribution is 7.92. The van der Waals surface area contributed by atoms with Gasteiger partial charge in [0.2, 0.25) is 16.8 Å². The van der Waals surface area contributed by atoms with Crippen LogP contribution < -0.4 is 24.8 Å². The molecule has 10 heteroatoms. The van der Waals surface area contributed by atoms with E-state index in [9.17, 15) is 13.2 Å². The molecule has 33 heavy (non-hydrogen) atoms. The van der Waals surface area contributed by atoms with Crippen molar-refractivity contribution in [3.63, 3.8) is 0 Å². The zero-order valence-corrected chi connectivity index (χ0v) is 19.3. The number of fused-ring (bicyclic) bond motifs is 1. The van der Waals surface area contributed by atoms with Gasteiger partial charge >= 0.3 is 0 Å². The lowest BCUT2D eigenvalue weighted by molar-refractivity contribution is 0.102. The fourth-order valence-corrected chi connectivity index (χ4v) is 4.13. The first kappa shape index (κ1) is 22.9. The lowest BCUT2D eigenvalue weighted by atomic mass is 10.1. The van der Waals surface area contributed by atoms with Crippen LogP contribution in [0.3, 0.4) is 0 Å². The van der Waals surface area contributed by atoms with Crippen molar-refractivity contribution in [2.75, 3.05) is 23.1 Å². The third-order valence-electron chi connectivity index (χ3n) is 4.78. The zero-order valence-electron chi connectivity index (χ0n) is 17.7. The highest BCUT2D eigenvalue weighted by Gasteiger charge is 2.16. The Bertz CT molecular complexity index is 1280. The number of carbonyl (C=O) groups is 1. The molecule has 0 fully saturated rings. The molecule has 3 N–H and O–H groups in total. The number of para-hydroxylation sites is 1. The molecule has 8 nitrogen and oxygen atoms in total. The minimum absolute atomic E-state index is 0.163. The van der Waals surface area contributed by atoms with Gasteiger partial charge in [0.1, 0.15) is 0 Å². The van der Waals surface area contributed by atoms with E-state index in [0.717, 1.165) is 17.4 Å². The number of benzene rings is 3. The van der Waals surface area contributed by atoms with E-state index in [2.05, 4.69) is 15.4 Å². The topological polar surface area (TPSA) is 106 Å². The fourth-order valence-electron chi connectivity index (χ4n) is 3.36. The highest BCUT2D eigenvalue weighted by atomic mass is 35.5. The van der Waals surface area contributed by atoms with E-state index in [0.29, 0.717) is 46.5 Å². The summed E-state index contributed by atoms with van der Waals surface area (Å²) in [5.74, 6) is 0.895. The van der Waals surface area contributed by atoms with E-state index in [4.69, 9.17) is 21.1 Å². The van der Waals surface area contributed by atoms with Gasteiger partial charge in [0, 0.05) is 41.1 Å². The van der Waals surface area contributed by atoms with Gasteiger partial charge < -0.3 is 20.1 Å². The van der Waals surface area contributed by atoms with Crippen LogP contribution in [0.1, 0.15) is 21.5 Å². The third kappa shape index (κ3) is 6.16. The number of hydrogen-bond acceptors (Lipinski definition) is 6. The summed E-state index contributed by atoms with van der Waals surface area (Å²) in [6.45, 7) is 0.969. The van der Waals surface area contributed by atoms with E-state index >= 15 is 0 Å². The minimum Gasteiger partial charge on any atom is -0.454 e. The maximum absolute atomic E-state index is 12.8. The summed E-state index contributed by atoms with van der Waals surface area (Å²) in [6.07, 6.45) is 1.06. The monoisotopic (exact) mass is 487 g/mol. The second-order valence-corrected chi connectivity index (χ2v) is 9.67. The zero-order chi connectivity index (χ0) is 23.4. The molecule has 1 amide bonds. The molecule has 0 radical (unpaired) electrons.